The summed E-state index contributed by atoms with van der Waals surface area (Å²) in [6.45, 7) is -1.13. The maximum absolute atomic E-state index is 12.9. The molecule has 4 aromatic heterocycles. The molecule has 4 aromatic rings. The molecule has 21 heteroatoms. The molecule has 6 heterocycles. The largest absolute Gasteiger partial charge is 0.472 e. The number of H-pyrrole nitrogens is 2. The molecule has 0 aliphatic carbocycles. The number of aromatic amines is 2. The SMILES string of the molecule is Nc1nc2c(ncn2[C@@H]2O[C@H](CO)C[C@H]2OP(=O)(O)OC[C@H]2O[C@@H](n3cnc4c(=O)[nH]cnc43)[C@H](O)[C@@H]2O)c(=O)[nH]1. The minimum Gasteiger partial charge on any atom is -0.394 e. The van der Waals surface area contributed by atoms with Crippen LogP contribution in [0.4, 0.5) is 5.95 Å². The fourth-order valence-corrected chi connectivity index (χ4v) is 5.75. The van der Waals surface area contributed by atoms with Gasteiger partial charge in [-0.05, 0) is 0 Å². The summed E-state index contributed by atoms with van der Waals surface area (Å²) in [5.41, 5.74) is 4.52. The third-order valence-corrected chi connectivity index (χ3v) is 7.73. The second-order valence-electron chi connectivity index (χ2n) is 9.35. The highest BCUT2D eigenvalue weighted by molar-refractivity contribution is 7.47. The number of fused-ring (bicyclic) bond motifs is 2. The van der Waals surface area contributed by atoms with Gasteiger partial charge in [-0.25, -0.2) is 19.5 Å². The van der Waals surface area contributed by atoms with Gasteiger partial charge in [0.2, 0.25) is 5.95 Å². The molecule has 20 nitrogen and oxygen atoms in total. The number of hydrogen-bond donors (Lipinski definition) is 7. The van der Waals surface area contributed by atoms with E-state index in [1.807, 2.05) is 0 Å². The lowest BCUT2D eigenvalue weighted by molar-refractivity contribution is -0.0615. The van der Waals surface area contributed by atoms with Crippen LogP contribution in [-0.2, 0) is 23.1 Å². The first kappa shape index (κ1) is 27.6. The highest BCUT2D eigenvalue weighted by Gasteiger charge is 2.47. The van der Waals surface area contributed by atoms with Gasteiger partial charge in [0.1, 0.15) is 24.4 Å². The molecule has 41 heavy (non-hydrogen) atoms. The Hall–Kier alpha value is -3.59. The number of ether oxygens (including phenoxy) is 2. The van der Waals surface area contributed by atoms with Gasteiger partial charge in [0.25, 0.3) is 11.1 Å². The first-order valence-corrected chi connectivity index (χ1v) is 13.6. The minimum absolute atomic E-state index is 0.0168. The van der Waals surface area contributed by atoms with Crippen LogP contribution < -0.4 is 16.9 Å². The Balaban J connectivity index is 1.17. The fourth-order valence-electron chi connectivity index (χ4n) is 4.82. The minimum atomic E-state index is -4.88. The lowest BCUT2D eigenvalue weighted by Crippen LogP contribution is -2.33. The Labute approximate surface area is 226 Å². The maximum atomic E-state index is 12.9. The van der Waals surface area contributed by atoms with Crippen molar-refractivity contribution in [1.82, 2.24) is 39.0 Å². The molecule has 0 amide bonds. The molecule has 6 rings (SSSR count). The van der Waals surface area contributed by atoms with E-state index in [4.69, 9.17) is 24.3 Å². The molecule has 0 spiro atoms. The molecule has 8 atom stereocenters. The van der Waals surface area contributed by atoms with Crippen LogP contribution in [0.1, 0.15) is 18.9 Å². The van der Waals surface area contributed by atoms with E-state index in [9.17, 15) is 34.4 Å². The van der Waals surface area contributed by atoms with Crippen LogP contribution in [0.5, 0.6) is 0 Å². The smallest absolute Gasteiger partial charge is 0.394 e. The van der Waals surface area contributed by atoms with Crippen LogP contribution in [0.15, 0.2) is 28.6 Å². The van der Waals surface area contributed by atoms with E-state index in [0.717, 1.165) is 6.33 Å². The summed E-state index contributed by atoms with van der Waals surface area (Å²) in [4.78, 5) is 55.2. The van der Waals surface area contributed by atoms with Crippen LogP contribution >= 0.6 is 7.82 Å². The van der Waals surface area contributed by atoms with Gasteiger partial charge in [0, 0.05) is 6.42 Å². The maximum Gasteiger partial charge on any atom is 0.472 e. The number of nitrogens with one attached hydrogen (secondary N) is 2. The van der Waals surface area contributed by atoms with E-state index >= 15 is 0 Å². The van der Waals surface area contributed by atoms with E-state index in [1.54, 1.807) is 0 Å². The summed E-state index contributed by atoms with van der Waals surface area (Å²) in [7, 11) is -4.88. The molecule has 0 aromatic carbocycles. The second-order valence-corrected chi connectivity index (χ2v) is 10.8. The molecule has 1 unspecified atom stereocenters. The standard InChI is InChI=1S/C20H24N9O11P/c21-20-26-15-11(17(34)27-20)25-6-29(15)18-8(1-7(2-30)38-18)40-41(35,36)37-3-9-12(31)13(32)19(39-9)28-5-24-10-14(28)22-4-23-16(10)33/h4-9,12-13,18-19,30-32H,1-3H2,(H,35,36)(H,22,23,33)(H3,21,26,27,34)/t7-,8+,9+,12+,13+,18+,19+/m0/s1. The van der Waals surface area contributed by atoms with Crippen molar-refractivity contribution in [2.45, 2.75) is 49.4 Å². The number of aliphatic hydroxyl groups excluding tert-OH is 3. The third-order valence-electron chi connectivity index (χ3n) is 6.72. The predicted molar refractivity (Wildman–Crippen MR) is 133 cm³/mol. The Morgan fingerprint density at radius 3 is 2.49 bits per heavy atom. The zero-order valence-electron chi connectivity index (χ0n) is 20.7. The van der Waals surface area contributed by atoms with Gasteiger partial charge in [-0.15, -0.1) is 0 Å². The van der Waals surface area contributed by atoms with Crippen LogP contribution in [0.25, 0.3) is 22.3 Å². The zero-order chi connectivity index (χ0) is 29.1. The van der Waals surface area contributed by atoms with E-state index < -0.39 is 75.1 Å². The Morgan fingerprint density at radius 2 is 1.76 bits per heavy atom. The summed E-state index contributed by atoms with van der Waals surface area (Å²) < 4.78 is 37.3. The average molecular weight is 597 g/mol. The number of rotatable bonds is 8. The van der Waals surface area contributed by atoms with E-state index in [0.29, 0.717) is 0 Å². The highest BCUT2D eigenvalue weighted by Crippen LogP contribution is 2.50. The molecular weight excluding hydrogens is 573 g/mol. The van der Waals surface area contributed by atoms with Crippen LogP contribution in [0, 0.1) is 0 Å². The van der Waals surface area contributed by atoms with Crippen molar-refractivity contribution in [2.75, 3.05) is 18.9 Å². The van der Waals surface area contributed by atoms with Crippen molar-refractivity contribution in [3.63, 3.8) is 0 Å². The highest BCUT2D eigenvalue weighted by atomic mass is 31.2. The number of aromatic nitrogens is 8. The van der Waals surface area contributed by atoms with E-state index in [2.05, 4.69) is 29.9 Å². The molecule has 2 fully saturated rings. The summed E-state index contributed by atoms with van der Waals surface area (Å²) in [6.07, 6.45) is -5.27. The number of phosphoric ester groups is 1. The van der Waals surface area contributed by atoms with Crippen molar-refractivity contribution in [3.8, 4) is 0 Å². The van der Waals surface area contributed by atoms with Gasteiger partial charge in [0.15, 0.2) is 34.8 Å². The van der Waals surface area contributed by atoms with Crippen molar-refractivity contribution in [2.24, 2.45) is 0 Å². The number of nitrogen functional groups attached to an aromatic ring is 1. The number of imidazole rings is 2. The first-order chi connectivity index (χ1) is 19.6. The quantitative estimate of drug-likeness (QED) is 0.101. The van der Waals surface area contributed by atoms with E-state index in [-0.39, 0.29) is 34.7 Å². The van der Waals surface area contributed by atoms with Gasteiger partial charge in [-0.2, -0.15) is 4.98 Å². The number of anilines is 1. The van der Waals surface area contributed by atoms with Crippen LogP contribution in [0.2, 0.25) is 0 Å². The van der Waals surface area contributed by atoms with Crippen LogP contribution in [-0.4, -0.2) is 103 Å². The monoisotopic (exact) mass is 597 g/mol. The van der Waals surface area contributed by atoms with Gasteiger partial charge in [-0.3, -0.25) is 32.8 Å². The summed E-state index contributed by atoms with van der Waals surface area (Å²) in [5, 5.41) is 30.7. The number of hydrogen-bond acceptors (Lipinski definition) is 15. The molecule has 0 bridgehead atoms. The molecule has 0 saturated carbocycles. The zero-order valence-corrected chi connectivity index (χ0v) is 21.6. The predicted octanol–water partition coefficient (Wildman–Crippen LogP) is -2.76. The number of nitrogens with two attached hydrogens (primary N) is 1. The molecule has 8 N–H and O–H groups in total. The lowest BCUT2D eigenvalue weighted by atomic mass is 10.1. The molecule has 2 aliphatic heterocycles. The molecule has 2 saturated heterocycles. The summed E-state index contributed by atoms with van der Waals surface area (Å²) in [6, 6.07) is 0. The fraction of sp³-hybridized carbons (Fsp3) is 0.500. The van der Waals surface area contributed by atoms with Crippen LogP contribution in [0.3, 0.4) is 0 Å². The average Bonchev–Trinajstić information content (AvgIpc) is 3.69. The number of aliphatic hydroxyl groups is 3. The number of nitrogens with zero attached hydrogens (tertiary/aromatic N) is 6. The van der Waals surface area contributed by atoms with E-state index in [1.165, 1.54) is 21.8 Å². The Morgan fingerprint density at radius 1 is 1.05 bits per heavy atom. The van der Waals surface area contributed by atoms with Crippen molar-refractivity contribution in [3.05, 3.63) is 39.7 Å². The van der Waals surface area contributed by atoms with Crippen molar-refractivity contribution in [1.29, 1.82) is 0 Å². The Kier molecular flexibility index (Phi) is 6.96. The summed E-state index contributed by atoms with van der Waals surface area (Å²) >= 11 is 0. The molecule has 2 aliphatic rings. The third kappa shape index (κ3) is 4.94. The van der Waals surface area contributed by atoms with Gasteiger partial charge in [-0.1, -0.05) is 0 Å². The second kappa shape index (κ2) is 10.4. The van der Waals surface area contributed by atoms with Gasteiger partial charge < -0.3 is 40.4 Å². The lowest BCUT2D eigenvalue weighted by Gasteiger charge is -2.23. The first-order valence-electron chi connectivity index (χ1n) is 12.1. The van der Waals surface area contributed by atoms with Crippen molar-refractivity contribution >= 4 is 36.1 Å². The molecule has 0 radical (unpaired) electrons. The number of phosphoric acid groups is 1. The van der Waals surface area contributed by atoms with Gasteiger partial charge in [0.05, 0.1) is 38.3 Å². The molecular formula is C20H24N9O11P. The Bertz CT molecular complexity index is 1750. The topological polar surface area (TPSA) is 288 Å². The summed E-state index contributed by atoms with van der Waals surface area (Å²) in [5.74, 6) is -0.198. The van der Waals surface area contributed by atoms with Crippen molar-refractivity contribution < 1.29 is 43.3 Å². The normalized spacial score (nSPS) is 29.9. The van der Waals surface area contributed by atoms with Gasteiger partial charge >= 0.3 is 7.82 Å². The molecule has 220 valence electrons.